The van der Waals surface area contributed by atoms with Gasteiger partial charge in [-0.1, -0.05) is 39.0 Å². The maximum atomic E-state index is 11.4. The predicted molar refractivity (Wildman–Crippen MR) is 99.0 cm³/mol. The molecule has 2 aromatic carbocycles. The molecule has 0 saturated heterocycles. The van der Waals surface area contributed by atoms with E-state index in [4.69, 9.17) is 4.43 Å². The molecule has 1 N–H and O–H groups in total. The first-order chi connectivity index (χ1) is 10.7. The van der Waals surface area contributed by atoms with Crippen LogP contribution in [-0.2, 0) is 0 Å². The van der Waals surface area contributed by atoms with E-state index in [1.54, 1.807) is 0 Å². The Morgan fingerprint density at radius 2 is 1.78 bits per heavy atom. The van der Waals surface area contributed by atoms with Gasteiger partial charge in [-0.25, -0.2) is 0 Å². The second-order valence-electron chi connectivity index (χ2n) is 7.59. The lowest BCUT2D eigenvalue weighted by molar-refractivity contribution is 0.112. The van der Waals surface area contributed by atoms with E-state index < -0.39 is 8.32 Å². The quantitative estimate of drug-likeness (QED) is 0.509. The van der Waals surface area contributed by atoms with Crippen LogP contribution in [-0.4, -0.2) is 19.6 Å². The van der Waals surface area contributed by atoms with E-state index in [0.717, 1.165) is 33.8 Å². The van der Waals surface area contributed by atoms with Crippen LogP contribution >= 0.6 is 0 Å². The molecular formula is C19H23NO2Si. The third kappa shape index (κ3) is 2.68. The van der Waals surface area contributed by atoms with Gasteiger partial charge in [0.05, 0.1) is 5.52 Å². The Morgan fingerprint density at radius 1 is 1.09 bits per heavy atom. The van der Waals surface area contributed by atoms with E-state index in [-0.39, 0.29) is 5.04 Å². The number of aldehydes is 1. The Labute approximate surface area is 137 Å². The first-order valence-electron chi connectivity index (χ1n) is 7.91. The summed E-state index contributed by atoms with van der Waals surface area (Å²) < 4.78 is 6.50. The monoisotopic (exact) mass is 325 g/mol. The number of rotatable bonds is 3. The molecule has 120 valence electrons. The molecule has 0 aliphatic carbocycles. The van der Waals surface area contributed by atoms with Crippen LogP contribution in [0.5, 0.6) is 5.75 Å². The topological polar surface area (TPSA) is 42.1 Å². The number of para-hydroxylation sites is 1. The van der Waals surface area contributed by atoms with Gasteiger partial charge in [0.25, 0.3) is 8.32 Å². The molecule has 0 radical (unpaired) electrons. The van der Waals surface area contributed by atoms with Crippen LogP contribution in [0.2, 0.25) is 18.1 Å². The third-order valence-corrected chi connectivity index (χ3v) is 9.25. The number of aromatic nitrogens is 1. The van der Waals surface area contributed by atoms with Crippen LogP contribution in [0, 0.1) is 0 Å². The van der Waals surface area contributed by atoms with Gasteiger partial charge in [0, 0.05) is 21.9 Å². The Bertz CT molecular complexity index is 887. The number of carbonyl (C=O) groups excluding carboxylic acids is 1. The molecule has 0 bridgehead atoms. The maximum Gasteiger partial charge on any atom is 0.250 e. The number of hydrogen-bond acceptors (Lipinski definition) is 2. The fraction of sp³-hybridized carbons (Fsp3) is 0.316. The summed E-state index contributed by atoms with van der Waals surface area (Å²) >= 11 is 0. The standard InChI is InChI=1S/C19H23NO2Si/c1-19(2,3)23(4,5)22-17-11-13(12-21)10-15-14-8-6-7-9-16(14)20-18(15)17/h6-12,20H,1-5H3. The molecule has 0 unspecified atom stereocenters. The fourth-order valence-electron chi connectivity index (χ4n) is 2.52. The molecule has 4 heteroatoms. The SMILES string of the molecule is CC(C)(C)[Si](C)(C)Oc1cc(C=O)cc2c1[nH]c1ccccc12. The molecule has 3 nitrogen and oxygen atoms in total. The van der Waals surface area contributed by atoms with Gasteiger partial charge < -0.3 is 9.41 Å². The third-order valence-electron chi connectivity index (χ3n) is 4.91. The van der Waals surface area contributed by atoms with Crippen LogP contribution in [0.4, 0.5) is 0 Å². The lowest BCUT2D eigenvalue weighted by Gasteiger charge is -2.36. The average molecular weight is 325 g/mol. The van der Waals surface area contributed by atoms with Gasteiger partial charge in [0.15, 0.2) is 0 Å². The summed E-state index contributed by atoms with van der Waals surface area (Å²) in [6, 6.07) is 11.9. The smallest absolute Gasteiger partial charge is 0.250 e. The van der Waals surface area contributed by atoms with E-state index in [2.05, 4.69) is 44.9 Å². The summed E-state index contributed by atoms with van der Waals surface area (Å²) in [7, 11) is -1.98. The molecule has 0 spiro atoms. The molecular weight excluding hydrogens is 302 g/mol. The molecule has 0 saturated carbocycles. The minimum absolute atomic E-state index is 0.0997. The zero-order chi connectivity index (χ0) is 16.8. The average Bonchev–Trinajstić information content (AvgIpc) is 2.84. The van der Waals surface area contributed by atoms with Crippen molar-refractivity contribution in [2.75, 3.05) is 0 Å². The van der Waals surface area contributed by atoms with Crippen molar-refractivity contribution < 1.29 is 9.22 Å². The summed E-state index contributed by atoms with van der Waals surface area (Å²) in [6.45, 7) is 11.1. The Morgan fingerprint density at radius 3 is 2.43 bits per heavy atom. The molecule has 3 aromatic rings. The van der Waals surface area contributed by atoms with Crippen molar-refractivity contribution in [1.82, 2.24) is 4.98 Å². The minimum Gasteiger partial charge on any atom is -0.542 e. The predicted octanol–water partition coefficient (Wildman–Crippen LogP) is 5.52. The molecule has 23 heavy (non-hydrogen) atoms. The summed E-state index contributed by atoms with van der Waals surface area (Å²) in [5.41, 5.74) is 2.68. The van der Waals surface area contributed by atoms with E-state index in [1.807, 2.05) is 30.3 Å². The van der Waals surface area contributed by atoms with Gasteiger partial charge >= 0.3 is 0 Å². The van der Waals surface area contributed by atoms with Gasteiger partial charge in [-0.15, -0.1) is 0 Å². The molecule has 0 amide bonds. The first-order valence-corrected chi connectivity index (χ1v) is 10.8. The zero-order valence-electron chi connectivity index (χ0n) is 14.4. The van der Waals surface area contributed by atoms with Crippen LogP contribution in [0.3, 0.4) is 0 Å². The second kappa shape index (κ2) is 5.23. The van der Waals surface area contributed by atoms with Crippen molar-refractivity contribution >= 4 is 36.4 Å². The molecule has 0 atom stereocenters. The first kappa shape index (κ1) is 15.8. The number of benzene rings is 2. The Kier molecular flexibility index (Phi) is 3.60. The van der Waals surface area contributed by atoms with Gasteiger partial charge in [-0.05, 0) is 36.3 Å². The van der Waals surface area contributed by atoms with E-state index in [0.29, 0.717) is 5.56 Å². The normalized spacial score (nSPS) is 12.7. The van der Waals surface area contributed by atoms with Crippen LogP contribution in [0.15, 0.2) is 36.4 Å². The van der Waals surface area contributed by atoms with Crippen molar-refractivity contribution in [2.24, 2.45) is 0 Å². The molecule has 0 fully saturated rings. The number of carbonyl (C=O) groups is 1. The molecule has 1 aromatic heterocycles. The van der Waals surface area contributed by atoms with Gasteiger partial charge in [-0.2, -0.15) is 0 Å². The maximum absolute atomic E-state index is 11.4. The number of aromatic amines is 1. The molecule has 0 aliphatic rings. The highest BCUT2D eigenvalue weighted by Crippen LogP contribution is 2.40. The summed E-state index contributed by atoms with van der Waals surface area (Å²) in [4.78, 5) is 14.8. The largest absolute Gasteiger partial charge is 0.542 e. The van der Waals surface area contributed by atoms with E-state index in [1.165, 1.54) is 0 Å². The molecule has 0 aliphatic heterocycles. The van der Waals surface area contributed by atoms with Gasteiger partial charge in [0.2, 0.25) is 0 Å². The fourth-order valence-corrected chi connectivity index (χ4v) is 3.53. The highest BCUT2D eigenvalue weighted by atomic mass is 28.4. The van der Waals surface area contributed by atoms with Crippen LogP contribution in [0.1, 0.15) is 31.1 Å². The summed E-state index contributed by atoms with van der Waals surface area (Å²) in [5, 5.41) is 2.26. The van der Waals surface area contributed by atoms with Crippen molar-refractivity contribution in [3.05, 3.63) is 42.0 Å². The summed E-state index contributed by atoms with van der Waals surface area (Å²) in [6.07, 6.45) is 0.889. The van der Waals surface area contributed by atoms with Gasteiger partial charge in [-0.3, -0.25) is 4.79 Å². The van der Waals surface area contributed by atoms with E-state index >= 15 is 0 Å². The van der Waals surface area contributed by atoms with Crippen molar-refractivity contribution in [3.63, 3.8) is 0 Å². The number of H-pyrrole nitrogens is 1. The van der Waals surface area contributed by atoms with E-state index in [9.17, 15) is 4.79 Å². The van der Waals surface area contributed by atoms with Crippen LogP contribution in [0.25, 0.3) is 21.8 Å². The van der Waals surface area contributed by atoms with Crippen molar-refractivity contribution in [2.45, 2.75) is 38.9 Å². The number of nitrogens with one attached hydrogen (secondary N) is 1. The Hall–Kier alpha value is -2.07. The molecule has 3 rings (SSSR count). The lowest BCUT2D eigenvalue weighted by atomic mass is 10.1. The van der Waals surface area contributed by atoms with Crippen molar-refractivity contribution in [3.8, 4) is 5.75 Å². The minimum atomic E-state index is -1.98. The lowest BCUT2D eigenvalue weighted by Crippen LogP contribution is -2.43. The summed E-state index contributed by atoms with van der Waals surface area (Å²) in [5.74, 6) is 0.785. The highest BCUT2D eigenvalue weighted by molar-refractivity contribution is 6.74. The zero-order valence-corrected chi connectivity index (χ0v) is 15.4. The van der Waals surface area contributed by atoms with Gasteiger partial charge in [0.1, 0.15) is 12.0 Å². The van der Waals surface area contributed by atoms with Crippen molar-refractivity contribution in [1.29, 1.82) is 0 Å². The highest BCUT2D eigenvalue weighted by Gasteiger charge is 2.39. The van der Waals surface area contributed by atoms with Crippen LogP contribution < -0.4 is 4.43 Å². The molecule has 1 heterocycles. The Balaban J connectivity index is 2.25. The number of fused-ring (bicyclic) bond motifs is 3. The second-order valence-corrected chi connectivity index (χ2v) is 12.3. The number of hydrogen-bond donors (Lipinski definition) is 1.